The van der Waals surface area contributed by atoms with E-state index >= 15 is 0 Å². The second-order valence-corrected chi connectivity index (χ2v) is 5.64. The van der Waals surface area contributed by atoms with Crippen molar-refractivity contribution in [3.8, 4) is 0 Å². The molecular weight excluding hydrogens is 236 g/mol. The summed E-state index contributed by atoms with van der Waals surface area (Å²) in [6.45, 7) is 1.06. The van der Waals surface area contributed by atoms with Crippen LogP contribution in [0.15, 0.2) is 0 Å². The highest BCUT2D eigenvalue weighted by Gasteiger charge is 2.45. The molecule has 17 heavy (non-hydrogen) atoms. The van der Waals surface area contributed by atoms with Crippen LogP contribution in [-0.4, -0.2) is 40.1 Å². The largest absolute Gasteiger partial charge is 0.392 e. The first-order chi connectivity index (χ1) is 8.06. The van der Waals surface area contributed by atoms with E-state index in [2.05, 4.69) is 0 Å². The Morgan fingerprint density at radius 1 is 1.35 bits per heavy atom. The molecule has 0 radical (unpaired) electrons. The zero-order valence-electron chi connectivity index (χ0n) is 10.0. The van der Waals surface area contributed by atoms with E-state index in [9.17, 15) is 9.90 Å². The monoisotopic (exact) mass is 256 g/mol. The molecule has 3 N–H and O–H groups in total. The molecule has 0 spiro atoms. The lowest BCUT2D eigenvalue weighted by Crippen LogP contribution is -2.51. The number of rotatable bonds is 2. The lowest BCUT2D eigenvalue weighted by Gasteiger charge is -2.37. The lowest BCUT2D eigenvalue weighted by molar-refractivity contribution is -0.139. The fraction of sp³-hybridized carbons (Fsp3) is 0.833. The molecule has 2 fully saturated rings. The SMILES string of the molecule is NC(=S)C1(C(=O)N2CCC(O)C2)CCCCC1. The van der Waals surface area contributed by atoms with E-state index in [4.69, 9.17) is 18.0 Å². The quantitative estimate of drug-likeness (QED) is 0.718. The van der Waals surface area contributed by atoms with Gasteiger partial charge in [0.05, 0.1) is 16.5 Å². The number of carbonyl (C=O) groups is 1. The van der Waals surface area contributed by atoms with Gasteiger partial charge >= 0.3 is 0 Å². The molecule has 1 heterocycles. The molecule has 0 aromatic carbocycles. The maximum atomic E-state index is 12.6. The highest BCUT2D eigenvalue weighted by Crippen LogP contribution is 2.39. The van der Waals surface area contributed by atoms with E-state index in [1.165, 1.54) is 0 Å². The first-order valence-electron chi connectivity index (χ1n) is 6.33. The Bertz CT molecular complexity index is 326. The number of aliphatic hydroxyl groups excluding tert-OH is 1. The topological polar surface area (TPSA) is 66.6 Å². The summed E-state index contributed by atoms with van der Waals surface area (Å²) in [4.78, 5) is 14.6. The van der Waals surface area contributed by atoms with Gasteiger partial charge in [-0.3, -0.25) is 4.79 Å². The molecule has 4 nitrogen and oxygen atoms in total. The van der Waals surface area contributed by atoms with Gasteiger partial charge in [0, 0.05) is 13.1 Å². The minimum Gasteiger partial charge on any atom is -0.392 e. The third-order valence-electron chi connectivity index (χ3n) is 4.04. The molecule has 1 aliphatic heterocycles. The molecule has 1 atom stereocenters. The Morgan fingerprint density at radius 2 is 2.00 bits per heavy atom. The summed E-state index contributed by atoms with van der Waals surface area (Å²) in [5.74, 6) is 0.0428. The fourth-order valence-electron chi connectivity index (χ4n) is 2.95. The second-order valence-electron chi connectivity index (χ2n) is 5.20. The summed E-state index contributed by atoms with van der Waals surface area (Å²) < 4.78 is 0. The van der Waals surface area contributed by atoms with Gasteiger partial charge in [0.25, 0.3) is 0 Å². The van der Waals surface area contributed by atoms with Gasteiger partial charge in [0.15, 0.2) is 0 Å². The van der Waals surface area contributed by atoms with Crippen LogP contribution in [0.2, 0.25) is 0 Å². The minimum atomic E-state index is -0.627. The number of hydrogen-bond donors (Lipinski definition) is 2. The van der Waals surface area contributed by atoms with Gasteiger partial charge in [-0.05, 0) is 19.3 Å². The number of aliphatic hydroxyl groups is 1. The molecule has 0 bridgehead atoms. The molecular formula is C12H20N2O2S. The lowest BCUT2D eigenvalue weighted by atomic mass is 9.73. The zero-order valence-corrected chi connectivity index (χ0v) is 10.8. The van der Waals surface area contributed by atoms with Crippen molar-refractivity contribution in [2.45, 2.75) is 44.6 Å². The van der Waals surface area contributed by atoms with Crippen LogP contribution in [0.1, 0.15) is 38.5 Å². The van der Waals surface area contributed by atoms with Crippen molar-refractivity contribution in [3.05, 3.63) is 0 Å². The summed E-state index contributed by atoms with van der Waals surface area (Å²) >= 11 is 5.14. The molecule has 1 saturated heterocycles. The standard InChI is InChI=1S/C12H20N2O2S/c13-10(17)12(5-2-1-3-6-12)11(16)14-7-4-9(15)8-14/h9,15H,1-8H2,(H2,13,17). The molecule has 1 unspecified atom stereocenters. The molecule has 1 amide bonds. The van der Waals surface area contributed by atoms with E-state index in [1.54, 1.807) is 4.90 Å². The number of nitrogens with two attached hydrogens (primary N) is 1. The summed E-state index contributed by atoms with van der Waals surface area (Å²) in [6.07, 6.45) is 5.01. The normalized spacial score (nSPS) is 28.1. The number of thiocarbonyl (C=S) groups is 1. The third-order valence-corrected chi connectivity index (χ3v) is 4.43. The first-order valence-corrected chi connectivity index (χ1v) is 6.74. The molecule has 0 aromatic heterocycles. The van der Waals surface area contributed by atoms with Gasteiger partial charge in [0.1, 0.15) is 0 Å². The van der Waals surface area contributed by atoms with Gasteiger partial charge in [-0.15, -0.1) is 0 Å². The molecule has 0 aromatic rings. The second kappa shape index (κ2) is 4.90. The predicted octanol–water partition coefficient (Wildman–Crippen LogP) is 0.816. The van der Waals surface area contributed by atoms with Crippen molar-refractivity contribution in [3.63, 3.8) is 0 Å². The van der Waals surface area contributed by atoms with Crippen LogP contribution >= 0.6 is 12.2 Å². The number of hydrogen-bond acceptors (Lipinski definition) is 3. The molecule has 96 valence electrons. The Labute approximate surface area is 107 Å². The van der Waals surface area contributed by atoms with E-state index in [0.29, 0.717) is 24.5 Å². The first kappa shape index (κ1) is 12.8. The van der Waals surface area contributed by atoms with Crippen LogP contribution in [0, 0.1) is 5.41 Å². The zero-order chi connectivity index (χ0) is 12.5. The van der Waals surface area contributed by atoms with E-state index in [-0.39, 0.29) is 12.0 Å². The number of amides is 1. The van der Waals surface area contributed by atoms with Crippen LogP contribution in [0.4, 0.5) is 0 Å². The molecule has 1 saturated carbocycles. The Balaban J connectivity index is 2.15. The van der Waals surface area contributed by atoms with Crippen molar-refractivity contribution in [1.82, 2.24) is 4.90 Å². The maximum Gasteiger partial charge on any atom is 0.235 e. The average Bonchev–Trinajstić information content (AvgIpc) is 2.75. The van der Waals surface area contributed by atoms with Crippen LogP contribution in [0.3, 0.4) is 0 Å². The van der Waals surface area contributed by atoms with Gasteiger partial charge in [-0.1, -0.05) is 31.5 Å². The number of carbonyl (C=O) groups excluding carboxylic acids is 1. The Morgan fingerprint density at radius 3 is 2.47 bits per heavy atom. The van der Waals surface area contributed by atoms with E-state index in [0.717, 1.165) is 32.1 Å². The molecule has 2 rings (SSSR count). The number of likely N-dealkylation sites (tertiary alicyclic amines) is 1. The van der Waals surface area contributed by atoms with Crippen LogP contribution in [0.25, 0.3) is 0 Å². The molecule has 1 aliphatic carbocycles. The van der Waals surface area contributed by atoms with Crippen LogP contribution < -0.4 is 5.73 Å². The minimum absolute atomic E-state index is 0.0428. The average molecular weight is 256 g/mol. The van der Waals surface area contributed by atoms with Crippen molar-refractivity contribution in [1.29, 1.82) is 0 Å². The van der Waals surface area contributed by atoms with E-state index in [1.807, 2.05) is 0 Å². The van der Waals surface area contributed by atoms with Crippen LogP contribution in [0.5, 0.6) is 0 Å². The van der Waals surface area contributed by atoms with Gasteiger partial charge in [0.2, 0.25) is 5.91 Å². The highest BCUT2D eigenvalue weighted by atomic mass is 32.1. The fourth-order valence-corrected chi connectivity index (χ4v) is 3.24. The highest BCUT2D eigenvalue weighted by molar-refractivity contribution is 7.80. The molecule has 5 heteroatoms. The van der Waals surface area contributed by atoms with Crippen molar-refractivity contribution >= 4 is 23.1 Å². The van der Waals surface area contributed by atoms with Crippen molar-refractivity contribution in [2.75, 3.05) is 13.1 Å². The number of β-amino-alcohol motifs (C(OH)–C–C–N with tert-alkyl or cyclic N) is 1. The van der Waals surface area contributed by atoms with Gasteiger partial charge in [-0.25, -0.2) is 0 Å². The van der Waals surface area contributed by atoms with Gasteiger partial charge < -0.3 is 15.7 Å². The van der Waals surface area contributed by atoms with E-state index < -0.39 is 5.41 Å². The predicted molar refractivity (Wildman–Crippen MR) is 69.5 cm³/mol. The van der Waals surface area contributed by atoms with Crippen LogP contribution in [-0.2, 0) is 4.79 Å². The smallest absolute Gasteiger partial charge is 0.235 e. The van der Waals surface area contributed by atoms with Crippen molar-refractivity contribution < 1.29 is 9.90 Å². The number of nitrogens with zero attached hydrogens (tertiary/aromatic N) is 1. The maximum absolute atomic E-state index is 12.6. The summed E-state index contributed by atoms with van der Waals surface area (Å²) in [6, 6.07) is 0. The van der Waals surface area contributed by atoms with Gasteiger partial charge in [-0.2, -0.15) is 0 Å². The van der Waals surface area contributed by atoms with Crippen molar-refractivity contribution in [2.24, 2.45) is 11.1 Å². The molecule has 2 aliphatic rings. The summed E-state index contributed by atoms with van der Waals surface area (Å²) in [5, 5.41) is 9.51. The third kappa shape index (κ3) is 2.31. The summed E-state index contributed by atoms with van der Waals surface area (Å²) in [7, 11) is 0. The Hall–Kier alpha value is -0.680. The Kier molecular flexibility index (Phi) is 3.68. The summed E-state index contributed by atoms with van der Waals surface area (Å²) in [5.41, 5.74) is 5.20.